The number of rotatable bonds is 6. The van der Waals surface area contributed by atoms with Crippen molar-refractivity contribution in [3.05, 3.63) is 59.7 Å². The first kappa shape index (κ1) is 23.6. The zero-order valence-electron chi connectivity index (χ0n) is 19.6. The van der Waals surface area contributed by atoms with Crippen LogP contribution in [0.1, 0.15) is 36.9 Å². The Morgan fingerprint density at radius 1 is 1.14 bits per heavy atom. The second kappa shape index (κ2) is 9.85. The molecule has 9 nitrogen and oxygen atoms in total. The number of piperazine rings is 1. The van der Waals surface area contributed by atoms with Gasteiger partial charge in [0.05, 0.1) is 11.7 Å². The number of nitriles is 1. The number of aromatic nitrogens is 1. The number of hydrogen-bond donors (Lipinski definition) is 0. The van der Waals surface area contributed by atoms with Crippen LogP contribution in [-0.4, -0.2) is 54.5 Å². The molecular weight excluding hydrogens is 467 g/mol. The summed E-state index contributed by atoms with van der Waals surface area (Å²) in [5, 5.41) is 9.47. The molecule has 3 aromatic rings. The van der Waals surface area contributed by atoms with Crippen molar-refractivity contribution in [3.8, 4) is 17.7 Å². The van der Waals surface area contributed by atoms with Gasteiger partial charge in [-0.1, -0.05) is 25.0 Å². The van der Waals surface area contributed by atoms with Crippen LogP contribution in [0.5, 0.6) is 0 Å². The van der Waals surface area contributed by atoms with E-state index in [9.17, 15) is 19.2 Å². The molecule has 36 heavy (non-hydrogen) atoms. The van der Waals surface area contributed by atoms with E-state index in [-0.39, 0.29) is 24.1 Å². The molecule has 2 aliphatic rings. The van der Waals surface area contributed by atoms with Gasteiger partial charge in [-0.15, -0.1) is 0 Å². The third kappa shape index (κ3) is 4.44. The lowest BCUT2D eigenvalue weighted by Gasteiger charge is -2.34. The molecular formula is C26H25FN4O5. The van der Waals surface area contributed by atoms with Crippen LogP contribution >= 0.6 is 0 Å². The Balaban J connectivity index is 1.19. The van der Waals surface area contributed by atoms with Crippen molar-refractivity contribution in [2.45, 2.75) is 31.1 Å². The second-order valence-electron chi connectivity index (χ2n) is 9.01. The van der Waals surface area contributed by atoms with Gasteiger partial charge >= 0.3 is 5.97 Å². The average molecular weight is 493 g/mol. The Kier molecular flexibility index (Phi) is 6.46. The summed E-state index contributed by atoms with van der Waals surface area (Å²) in [6.07, 6.45) is 4.32. The molecule has 1 saturated heterocycles. The van der Waals surface area contributed by atoms with Crippen LogP contribution in [0.15, 0.2) is 51.5 Å². The number of furan rings is 1. The molecule has 1 aromatic carbocycles. The van der Waals surface area contributed by atoms with Gasteiger partial charge in [-0.05, 0) is 42.7 Å². The van der Waals surface area contributed by atoms with Crippen molar-refractivity contribution < 1.29 is 27.6 Å². The lowest BCUT2D eigenvalue weighted by Crippen LogP contribution is -2.50. The van der Waals surface area contributed by atoms with Crippen LogP contribution in [0.4, 0.5) is 10.3 Å². The highest BCUT2D eigenvalue weighted by Gasteiger charge is 2.44. The van der Waals surface area contributed by atoms with Gasteiger partial charge < -0.3 is 23.4 Å². The minimum atomic E-state index is -0.910. The highest BCUT2D eigenvalue weighted by atomic mass is 19.1. The molecule has 2 aromatic heterocycles. The lowest BCUT2D eigenvalue weighted by atomic mass is 9.79. The van der Waals surface area contributed by atoms with Crippen molar-refractivity contribution in [2.75, 3.05) is 37.7 Å². The number of benzene rings is 1. The van der Waals surface area contributed by atoms with E-state index in [4.69, 9.17) is 13.6 Å². The number of ether oxygens (including phenoxy) is 1. The third-order valence-corrected chi connectivity index (χ3v) is 6.92. The smallest absolute Gasteiger partial charge is 0.317 e. The summed E-state index contributed by atoms with van der Waals surface area (Å²) in [6.45, 7) is 1.22. The molecule has 3 heterocycles. The van der Waals surface area contributed by atoms with Crippen LogP contribution in [-0.2, 0) is 19.7 Å². The lowest BCUT2D eigenvalue weighted by molar-refractivity contribution is -0.157. The Morgan fingerprint density at radius 3 is 2.58 bits per heavy atom. The summed E-state index contributed by atoms with van der Waals surface area (Å²) in [5.41, 5.74) is -0.165. The van der Waals surface area contributed by atoms with Gasteiger partial charge in [0.2, 0.25) is 11.6 Å². The number of anilines is 1. The fourth-order valence-electron chi connectivity index (χ4n) is 5.00. The molecule has 5 rings (SSSR count). The van der Waals surface area contributed by atoms with Gasteiger partial charge in [0.1, 0.15) is 11.9 Å². The van der Waals surface area contributed by atoms with E-state index < -0.39 is 17.2 Å². The Hall–Kier alpha value is -4.13. The van der Waals surface area contributed by atoms with Crippen molar-refractivity contribution in [1.82, 2.24) is 9.88 Å². The number of esters is 1. The topological polar surface area (TPSA) is 113 Å². The summed E-state index contributed by atoms with van der Waals surface area (Å²) in [6, 6.07) is 11.5. The highest BCUT2D eigenvalue weighted by molar-refractivity contribution is 5.87. The molecule has 186 valence electrons. The molecule has 1 aliphatic carbocycles. The van der Waals surface area contributed by atoms with E-state index in [1.807, 2.05) is 11.0 Å². The molecule has 0 radical (unpaired) electrons. The van der Waals surface area contributed by atoms with Crippen LogP contribution in [0.25, 0.3) is 11.7 Å². The molecule has 1 aliphatic heterocycles. The molecule has 2 fully saturated rings. The van der Waals surface area contributed by atoms with Gasteiger partial charge in [-0.25, -0.2) is 4.39 Å². The first-order valence-electron chi connectivity index (χ1n) is 11.9. The summed E-state index contributed by atoms with van der Waals surface area (Å²) in [4.78, 5) is 33.6. The molecule has 0 bridgehead atoms. The van der Waals surface area contributed by atoms with Crippen LogP contribution < -0.4 is 4.90 Å². The standard InChI is InChI=1S/C26H25FN4O5/c27-19-6-3-5-18(15-19)26(8-1-2-9-26)25(33)35-17-22(32)30-10-12-31(13-11-30)24-20(16-28)29-23(36-24)21-7-4-14-34-21/h3-7,14-15H,1-2,8-13,17H2. The fraction of sp³-hybridized carbons (Fsp3) is 0.385. The maximum Gasteiger partial charge on any atom is 0.317 e. The summed E-state index contributed by atoms with van der Waals surface area (Å²) in [5.74, 6) is -0.209. The van der Waals surface area contributed by atoms with E-state index in [0.717, 1.165) is 12.8 Å². The average Bonchev–Trinajstić information content (AvgIpc) is 3.68. The molecule has 0 spiro atoms. The van der Waals surface area contributed by atoms with Gasteiger partial charge in [-0.3, -0.25) is 9.59 Å². The summed E-state index contributed by atoms with van der Waals surface area (Å²) in [7, 11) is 0. The van der Waals surface area contributed by atoms with Crippen molar-refractivity contribution >= 4 is 17.8 Å². The normalized spacial score (nSPS) is 17.1. The number of amides is 1. The number of halogens is 1. The van der Waals surface area contributed by atoms with E-state index in [1.54, 1.807) is 29.2 Å². The summed E-state index contributed by atoms with van der Waals surface area (Å²) < 4.78 is 30.4. The zero-order chi connectivity index (χ0) is 25.1. The number of carbonyl (C=O) groups is 2. The van der Waals surface area contributed by atoms with Gasteiger partial charge in [0.15, 0.2) is 12.4 Å². The van der Waals surface area contributed by atoms with E-state index in [2.05, 4.69) is 4.98 Å². The fourth-order valence-corrected chi connectivity index (χ4v) is 5.00. The van der Waals surface area contributed by atoms with E-state index in [0.29, 0.717) is 56.2 Å². The van der Waals surface area contributed by atoms with Crippen LogP contribution in [0, 0.1) is 17.1 Å². The predicted octanol–water partition coefficient (Wildman–Crippen LogP) is 3.65. The van der Waals surface area contributed by atoms with Gasteiger partial charge in [0, 0.05) is 26.2 Å². The minimum Gasteiger partial charge on any atom is -0.459 e. The zero-order valence-corrected chi connectivity index (χ0v) is 19.6. The van der Waals surface area contributed by atoms with Gasteiger partial charge in [0.25, 0.3) is 11.8 Å². The Labute approximate surface area is 207 Å². The highest BCUT2D eigenvalue weighted by Crippen LogP contribution is 2.42. The molecule has 0 unspecified atom stereocenters. The van der Waals surface area contributed by atoms with Crippen molar-refractivity contribution in [1.29, 1.82) is 5.26 Å². The number of carbonyl (C=O) groups excluding carboxylic acids is 2. The third-order valence-electron chi connectivity index (χ3n) is 6.92. The maximum absolute atomic E-state index is 13.8. The van der Waals surface area contributed by atoms with Gasteiger partial charge in [-0.2, -0.15) is 10.2 Å². The first-order chi connectivity index (χ1) is 17.5. The quantitative estimate of drug-likeness (QED) is 0.479. The largest absolute Gasteiger partial charge is 0.459 e. The molecule has 1 amide bonds. The van der Waals surface area contributed by atoms with E-state index in [1.165, 1.54) is 18.4 Å². The van der Waals surface area contributed by atoms with Crippen LogP contribution in [0.2, 0.25) is 0 Å². The van der Waals surface area contributed by atoms with Crippen LogP contribution in [0.3, 0.4) is 0 Å². The van der Waals surface area contributed by atoms with E-state index >= 15 is 0 Å². The van der Waals surface area contributed by atoms with Crippen molar-refractivity contribution in [3.63, 3.8) is 0 Å². The minimum absolute atomic E-state index is 0.148. The first-order valence-corrected chi connectivity index (χ1v) is 11.9. The number of hydrogen-bond acceptors (Lipinski definition) is 8. The summed E-state index contributed by atoms with van der Waals surface area (Å²) >= 11 is 0. The molecule has 10 heteroatoms. The SMILES string of the molecule is N#Cc1nc(-c2ccco2)oc1N1CCN(C(=O)COC(=O)C2(c3cccc(F)c3)CCCC2)CC1. The Bertz CT molecular complexity index is 1280. The Morgan fingerprint density at radius 2 is 1.92 bits per heavy atom. The maximum atomic E-state index is 13.8. The number of nitrogens with zero attached hydrogens (tertiary/aromatic N) is 4. The predicted molar refractivity (Wildman–Crippen MR) is 125 cm³/mol. The number of oxazole rings is 1. The molecule has 0 N–H and O–H groups in total. The molecule has 1 saturated carbocycles. The monoisotopic (exact) mass is 492 g/mol. The molecule has 0 atom stereocenters. The van der Waals surface area contributed by atoms with Crippen molar-refractivity contribution in [2.24, 2.45) is 0 Å². The second-order valence-corrected chi connectivity index (χ2v) is 9.01.